The molecule has 7 heteroatoms. The number of aromatic nitrogens is 2. The van der Waals surface area contributed by atoms with Crippen LogP contribution >= 0.6 is 11.3 Å². The molecule has 2 atom stereocenters. The van der Waals surface area contributed by atoms with Gasteiger partial charge < -0.3 is 15.0 Å². The zero-order valence-corrected chi connectivity index (χ0v) is 14.2. The van der Waals surface area contributed by atoms with Crippen molar-refractivity contribution in [3.63, 3.8) is 0 Å². The van der Waals surface area contributed by atoms with E-state index in [0.717, 1.165) is 30.7 Å². The Hall–Kier alpha value is -1.99. The van der Waals surface area contributed by atoms with Crippen molar-refractivity contribution >= 4 is 23.2 Å². The van der Waals surface area contributed by atoms with Crippen LogP contribution in [0, 0.1) is 0 Å². The Bertz CT molecular complexity index is 694. The number of nitrogens with zero attached hydrogens (tertiary/aromatic N) is 3. The zero-order chi connectivity index (χ0) is 16.4. The Kier molecular flexibility index (Phi) is 4.20. The van der Waals surface area contributed by atoms with Crippen molar-refractivity contribution in [2.75, 3.05) is 25.0 Å². The topological polar surface area (TPSA) is 67.4 Å². The van der Waals surface area contributed by atoms with Crippen LogP contribution in [0.1, 0.15) is 28.9 Å². The lowest BCUT2D eigenvalue weighted by Gasteiger charge is -2.39. The zero-order valence-electron chi connectivity index (χ0n) is 13.4. The van der Waals surface area contributed by atoms with Gasteiger partial charge >= 0.3 is 0 Å². The Morgan fingerprint density at radius 1 is 1.38 bits per heavy atom. The molecular weight excluding hydrogens is 324 g/mol. The standard InChI is InChI=1S/C17H20N4O2S/c22-15(14-4-1-9-24-14)21-8-2-5-17(12-21)10-13(11-23-17)20-16-18-6-3-7-19-16/h1,3-4,6-7,9,13H,2,5,8,10-12H2,(H,18,19,20). The number of thiophene rings is 1. The molecule has 126 valence electrons. The Morgan fingerprint density at radius 2 is 2.25 bits per heavy atom. The number of carbonyl (C=O) groups excluding carboxylic acids is 1. The fraction of sp³-hybridized carbons (Fsp3) is 0.471. The fourth-order valence-electron chi connectivity index (χ4n) is 3.61. The molecule has 2 aromatic rings. The highest BCUT2D eigenvalue weighted by molar-refractivity contribution is 7.12. The van der Waals surface area contributed by atoms with Crippen molar-refractivity contribution in [1.82, 2.24) is 14.9 Å². The van der Waals surface area contributed by atoms with E-state index in [1.165, 1.54) is 11.3 Å². The lowest BCUT2D eigenvalue weighted by Crippen LogP contribution is -2.50. The van der Waals surface area contributed by atoms with Gasteiger partial charge in [-0.1, -0.05) is 6.07 Å². The molecular formula is C17H20N4O2S. The highest BCUT2D eigenvalue weighted by Gasteiger charge is 2.44. The van der Waals surface area contributed by atoms with Gasteiger partial charge in [0.25, 0.3) is 5.91 Å². The second-order valence-corrected chi connectivity index (χ2v) is 7.37. The molecule has 0 bridgehead atoms. The number of likely N-dealkylation sites (tertiary alicyclic amines) is 1. The molecule has 2 fully saturated rings. The number of amides is 1. The van der Waals surface area contributed by atoms with Crippen LogP contribution in [0.5, 0.6) is 0 Å². The second kappa shape index (κ2) is 6.49. The Balaban J connectivity index is 1.41. The van der Waals surface area contributed by atoms with E-state index in [2.05, 4.69) is 15.3 Å². The quantitative estimate of drug-likeness (QED) is 0.926. The number of piperidine rings is 1. The monoisotopic (exact) mass is 344 g/mol. The lowest BCUT2D eigenvalue weighted by atomic mass is 9.88. The first-order valence-electron chi connectivity index (χ1n) is 8.24. The van der Waals surface area contributed by atoms with Gasteiger partial charge in [-0.05, 0) is 30.4 Å². The summed E-state index contributed by atoms with van der Waals surface area (Å²) in [6.45, 7) is 2.10. The van der Waals surface area contributed by atoms with Crippen molar-refractivity contribution < 1.29 is 9.53 Å². The van der Waals surface area contributed by atoms with Crippen LogP contribution in [0.4, 0.5) is 5.95 Å². The third-order valence-corrected chi connectivity index (χ3v) is 5.52. The fourth-order valence-corrected chi connectivity index (χ4v) is 4.30. The van der Waals surface area contributed by atoms with Crippen LogP contribution in [-0.2, 0) is 4.74 Å². The summed E-state index contributed by atoms with van der Waals surface area (Å²) in [7, 11) is 0. The van der Waals surface area contributed by atoms with Crippen LogP contribution in [0.2, 0.25) is 0 Å². The van der Waals surface area contributed by atoms with E-state index in [1.807, 2.05) is 22.4 Å². The number of ether oxygens (including phenoxy) is 1. The average molecular weight is 344 g/mol. The molecule has 1 N–H and O–H groups in total. The van der Waals surface area contributed by atoms with E-state index in [-0.39, 0.29) is 17.6 Å². The van der Waals surface area contributed by atoms with Gasteiger partial charge in [-0.2, -0.15) is 0 Å². The van der Waals surface area contributed by atoms with Crippen molar-refractivity contribution in [2.45, 2.75) is 30.9 Å². The van der Waals surface area contributed by atoms with Crippen molar-refractivity contribution in [1.29, 1.82) is 0 Å². The molecule has 4 heterocycles. The summed E-state index contributed by atoms with van der Waals surface area (Å²) in [6, 6.07) is 5.79. The number of hydrogen-bond acceptors (Lipinski definition) is 6. The minimum atomic E-state index is -0.238. The van der Waals surface area contributed by atoms with Crippen LogP contribution < -0.4 is 5.32 Å². The molecule has 4 rings (SSSR count). The van der Waals surface area contributed by atoms with E-state index in [4.69, 9.17) is 4.74 Å². The highest BCUT2D eigenvalue weighted by atomic mass is 32.1. The van der Waals surface area contributed by atoms with Crippen LogP contribution in [0.3, 0.4) is 0 Å². The minimum Gasteiger partial charge on any atom is -0.371 e. The maximum absolute atomic E-state index is 12.6. The third kappa shape index (κ3) is 3.14. The molecule has 0 saturated carbocycles. The first kappa shape index (κ1) is 15.5. The summed E-state index contributed by atoms with van der Waals surface area (Å²) >= 11 is 1.50. The normalized spacial score (nSPS) is 26.7. The van der Waals surface area contributed by atoms with Gasteiger partial charge in [0.15, 0.2) is 0 Å². The maximum atomic E-state index is 12.6. The first-order chi connectivity index (χ1) is 11.7. The maximum Gasteiger partial charge on any atom is 0.264 e. The van der Waals surface area contributed by atoms with E-state index in [0.29, 0.717) is 19.1 Å². The lowest BCUT2D eigenvalue weighted by molar-refractivity contribution is -0.0446. The summed E-state index contributed by atoms with van der Waals surface area (Å²) in [5.41, 5.74) is -0.238. The number of rotatable bonds is 3. The summed E-state index contributed by atoms with van der Waals surface area (Å²) < 4.78 is 6.16. The Morgan fingerprint density at radius 3 is 3.04 bits per heavy atom. The van der Waals surface area contributed by atoms with Gasteiger partial charge in [-0.25, -0.2) is 9.97 Å². The SMILES string of the molecule is O=C(c1cccs1)N1CCCC2(CC(Nc3ncccn3)CO2)C1. The molecule has 0 aromatic carbocycles. The minimum absolute atomic E-state index is 0.121. The van der Waals surface area contributed by atoms with Gasteiger partial charge in [0, 0.05) is 25.4 Å². The molecule has 6 nitrogen and oxygen atoms in total. The molecule has 0 aliphatic carbocycles. The molecule has 24 heavy (non-hydrogen) atoms. The average Bonchev–Trinajstić information content (AvgIpc) is 3.26. The largest absolute Gasteiger partial charge is 0.371 e. The predicted octanol–water partition coefficient (Wildman–Crippen LogP) is 2.41. The summed E-state index contributed by atoms with van der Waals surface area (Å²) in [6.07, 6.45) is 6.30. The summed E-state index contributed by atoms with van der Waals surface area (Å²) in [4.78, 5) is 23.8. The molecule has 2 unspecified atom stereocenters. The molecule has 2 aliphatic rings. The Labute approximate surface area is 144 Å². The molecule has 2 aromatic heterocycles. The number of anilines is 1. The summed E-state index contributed by atoms with van der Waals surface area (Å²) in [5.74, 6) is 0.751. The predicted molar refractivity (Wildman–Crippen MR) is 92.2 cm³/mol. The second-order valence-electron chi connectivity index (χ2n) is 6.42. The van der Waals surface area contributed by atoms with Crippen LogP contribution in [0.25, 0.3) is 0 Å². The van der Waals surface area contributed by atoms with Gasteiger partial charge in [0.2, 0.25) is 5.95 Å². The summed E-state index contributed by atoms with van der Waals surface area (Å²) in [5, 5.41) is 5.28. The van der Waals surface area contributed by atoms with E-state index in [1.54, 1.807) is 18.5 Å². The van der Waals surface area contributed by atoms with Crippen LogP contribution in [-0.4, -0.2) is 52.1 Å². The molecule has 2 aliphatic heterocycles. The van der Waals surface area contributed by atoms with E-state index >= 15 is 0 Å². The number of nitrogens with one attached hydrogen (secondary N) is 1. The number of carbonyl (C=O) groups is 1. The van der Waals surface area contributed by atoms with Gasteiger partial charge in [0.05, 0.1) is 29.7 Å². The van der Waals surface area contributed by atoms with E-state index in [9.17, 15) is 4.79 Å². The molecule has 0 radical (unpaired) electrons. The molecule has 1 spiro atoms. The molecule has 2 saturated heterocycles. The van der Waals surface area contributed by atoms with Crippen molar-refractivity contribution in [3.05, 3.63) is 40.8 Å². The molecule has 1 amide bonds. The van der Waals surface area contributed by atoms with Gasteiger partial charge in [0.1, 0.15) is 0 Å². The van der Waals surface area contributed by atoms with Crippen molar-refractivity contribution in [3.8, 4) is 0 Å². The van der Waals surface area contributed by atoms with Gasteiger partial charge in [-0.15, -0.1) is 11.3 Å². The smallest absolute Gasteiger partial charge is 0.264 e. The van der Waals surface area contributed by atoms with Crippen LogP contribution in [0.15, 0.2) is 36.0 Å². The van der Waals surface area contributed by atoms with E-state index < -0.39 is 0 Å². The number of hydrogen-bond donors (Lipinski definition) is 1. The highest BCUT2D eigenvalue weighted by Crippen LogP contribution is 2.36. The van der Waals surface area contributed by atoms with Gasteiger partial charge in [-0.3, -0.25) is 4.79 Å². The third-order valence-electron chi connectivity index (χ3n) is 4.67. The van der Waals surface area contributed by atoms with Crippen molar-refractivity contribution in [2.24, 2.45) is 0 Å². The first-order valence-corrected chi connectivity index (χ1v) is 9.12.